The SMILES string of the molecule is CC(=CCCC(C)=CCCC(C)=CCCC(C)=CCC1=C(C)C(=O)c2c(C)cccc2C1=O)CCC=C(C)CCC=C(C)CCC=C(C)CCCC(C)C. The Morgan fingerprint density at radius 3 is 1.28 bits per heavy atom. The zero-order valence-electron chi connectivity index (χ0n) is 36.5. The zero-order chi connectivity index (χ0) is 40.0. The first-order chi connectivity index (χ1) is 25.7. The molecule has 2 heteroatoms. The van der Waals surface area contributed by atoms with Crippen LogP contribution in [0.4, 0.5) is 0 Å². The molecule has 2 nitrogen and oxygen atoms in total. The minimum Gasteiger partial charge on any atom is -0.289 e. The van der Waals surface area contributed by atoms with Gasteiger partial charge in [-0.25, -0.2) is 0 Å². The van der Waals surface area contributed by atoms with Crippen molar-refractivity contribution in [1.29, 1.82) is 0 Å². The number of carbonyl (C=O) groups excluding carboxylic acids is 2. The van der Waals surface area contributed by atoms with E-state index in [0.29, 0.717) is 28.7 Å². The molecule has 0 aromatic heterocycles. The van der Waals surface area contributed by atoms with Crippen molar-refractivity contribution in [3.05, 3.63) is 128 Å². The molecule has 54 heavy (non-hydrogen) atoms. The van der Waals surface area contributed by atoms with Crippen molar-refractivity contribution in [1.82, 2.24) is 0 Å². The maximum Gasteiger partial charge on any atom is 0.190 e. The van der Waals surface area contributed by atoms with Crippen LogP contribution in [-0.4, -0.2) is 11.6 Å². The van der Waals surface area contributed by atoms with Gasteiger partial charge in [-0.15, -0.1) is 0 Å². The smallest absolute Gasteiger partial charge is 0.190 e. The number of ketones is 2. The van der Waals surface area contributed by atoms with Gasteiger partial charge in [0, 0.05) is 22.3 Å². The lowest BCUT2D eigenvalue weighted by atomic mass is 9.81. The predicted molar refractivity (Wildman–Crippen MR) is 238 cm³/mol. The molecule has 0 saturated carbocycles. The average Bonchev–Trinajstić information content (AvgIpc) is 3.10. The fourth-order valence-corrected chi connectivity index (χ4v) is 7.12. The topological polar surface area (TPSA) is 34.1 Å². The average molecular weight is 733 g/mol. The number of fused-ring (bicyclic) bond motifs is 1. The summed E-state index contributed by atoms with van der Waals surface area (Å²) in [5.41, 5.74) is 13.5. The van der Waals surface area contributed by atoms with Crippen LogP contribution in [0.15, 0.2) is 111 Å². The zero-order valence-corrected chi connectivity index (χ0v) is 36.5. The first kappa shape index (κ1) is 46.6. The van der Waals surface area contributed by atoms with Crippen LogP contribution in [0, 0.1) is 12.8 Å². The number of benzene rings is 1. The molecule has 2 rings (SSSR count). The third-order valence-electron chi connectivity index (χ3n) is 11.0. The van der Waals surface area contributed by atoms with Gasteiger partial charge in [0.05, 0.1) is 0 Å². The Hall–Kier alpha value is -3.52. The van der Waals surface area contributed by atoms with E-state index in [1.165, 1.54) is 72.0 Å². The van der Waals surface area contributed by atoms with Crippen LogP contribution in [-0.2, 0) is 0 Å². The fraction of sp³-hybridized carbons (Fsp3) is 0.538. The highest BCUT2D eigenvalue weighted by Crippen LogP contribution is 2.30. The second kappa shape index (κ2) is 25.5. The van der Waals surface area contributed by atoms with Gasteiger partial charge in [-0.05, 0) is 170 Å². The predicted octanol–water partition coefficient (Wildman–Crippen LogP) is 16.2. The Morgan fingerprint density at radius 2 is 0.889 bits per heavy atom. The van der Waals surface area contributed by atoms with Crippen molar-refractivity contribution >= 4 is 11.6 Å². The number of rotatable bonds is 24. The summed E-state index contributed by atoms with van der Waals surface area (Å²) < 4.78 is 0. The number of hydrogen-bond acceptors (Lipinski definition) is 2. The van der Waals surface area contributed by atoms with Gasteiger partial charge in [-0.1, -0.05) is 120 Å². The summed E-state index contributed by atoms with van der Waals surface area (Å²) in [6, 6.07) is 5.55. The summed E-state index contributed by atoms with van der Waals surface area (Å²) in [7, 11) is 0. The van der Waals surface area contributed by atoms with Crippen LogP contribution < -0.4 is 0 Å². The van der Waals surface area contributed by atoms with E-state index < -0.39 is 0 Å². The summed E-state index contributed by atoms with van der Waals surface area (Å²) in [6.45, 7) is 24.1. The maximum atomic E-state index is 13.2. The second-order valence-corrected chi connectivity index (χ2v) is 16.8. The molecule has 0 unspecified atom stereocenters. The summed E-state index contributed by atoms with van der Waals surface area (Å²) >= 11 is 0. The standard InChI is InChI=1S/C52H76O2/c1-38(2)20-12-21-39(3)22-13-23-40(4)24-14-25-41(5)26-15-27-42(6)28-16-29-43(7)30-17-31-44(8)32-18-33-45(9)36-37-48-47(11)51(53)50-46(10)34-19-35-49(50)52(48)54/h19,22,24,26,28,30,32,34-36,38H,12-18,20-21,23,25,27,29,31,33,37H2,1-11H3. The van der Waals surface area contributed by atoms with Crippen molar-refractivity contribution < 1.29 is 9.59 Å². The van der Waals surface area contributed by atoms with Gasteiger partial charge in [-0.3, -0.25) is 9.59 Å². The van der Waals surface area contributed by atoms with E-state index in [-0.39, 0.29) is 11.6 Å². The third-order valence-corrected chi connectivity index (χ3v) is 11.0. The van der Waals surface area contributed by atoms with Crippen molar-refractivity contribution in [3.8, 4) is 0 Å². The van der Waals surface area contributed by atoms with Gasteiger partial charge in [-0.2, -0.15) is 0 Å². The highest BCUT2D eigenvalue weighted by molar-refractivity contribution is 6.27. The van der Waals surface area contributed by atoms with Crippen LogP contribution in [0.3, 0.4) is 0 Å². The lowest BCUT2D eigenvalue weighted by Crippen LogP contribution is -2.21. The van der Waals surface area contributed by atoms with E-state index >= 15 is 0 Å². The van der Waals surface area contributed by atoms with Crippen LogP contribution in [0.5, 0.6) is 0 Å². The molecule has 0 aliphatic heterocycles. The molecule has 296 valence electrons. The molecule has 0 spiro atoms. The minimum absolute atomic E-state index is 0.000194. The van der Waals surface area contributed by atoms with Gasteiger partial charge in [0.25, 0.3) is 0 Å². The number of aryl methyl sites for hydroxylation is 1. The van der Waals surface area contributed by atoms with Gasteiger partial charge in [0.15, 0.2) is 11.6 Å². The van der Waals surface area contributed by atoms with Crippen molar-refractivity contribution in [2.75, 3.05) is 0 Å². The molecule has 0 fully saturated rings. The van der Waals surface area contributed by atoms with Crippen LogP contribution >= 0.6 is 0 Å². The first-order valence-corrected chi connectivity index (χ1v) is 21.2. The largest absolute Gasteiger partial charge is 0.289 e. The van der Waals surface area contributed by atoms with E-state index in [1.807, 2.05) is 19.1 Å². The Morgan fingerprint density at radius 1 is 0.519 bits per heavy atom. The molecule has 1 aromatic carbocycles. The van der Waals surface area contributed by atoms with Crippen molar-refractivity contribution in [2.45, 2.75) is 179 Å². The summed E-state index contributed by atoms with van der Waals surface area (Å²) in [5.74, 6) is 0.807. The van der Waals surface area contributed by atoms with Gasteiger partial charge >= 0.3 is 0 Å². The molecule has 0 atom stereocenters. The van der Waals surface area contributed by atoms with Gasteiger partial charge < -0.3 is 0 Å². The van der Waals surface area contributed by atoms with Gasteiger partial charge in [0.2, 0.25) is 0 Å². The van der Waals surface area contributed by atoms with E-state index in [0.717, 1.165) is 69.3 Å². The molecular weight excluding hydrogens is 657 g/mol. The second-order valence-electron chi connectivity index (χ2n) is 16.8. The highest BCUT2D eigenvalue weighted by Gasteiger charge is 2.30. The maximum absolute atomic E-state index is 13.2. The Kier molecular flexibility index (Phi) is 22.1. The minimum atomic E-state index is -0.00602. The monoisotopic (exact) mass is 733 g/mol. The molecule has 0 radical (unpaired) electrons. The van der Waals surface area contributed by atoms with Crippen molar-refractivity contribution in [3.63, 3.8) is 0 Å². The fourth-order valence-electron chi connectivity index (χ4n) is 7.12. The quantitative estimate of drug-likeness (QED) is 0.0992. The first-order valence-electron chi connectivity index (χ1n) is 21.2. The number of Topliss-reactive ketones (excluding diaryl/α,β-unsaturated/α-hetero) is 2. The molecule has 0 amide bonds. The van der Waals surface area contributed by atoms with Crippen LogP contribution in [0.25, 0.3) is 0 Å². The Labute approximate surface area is 332 Å². The molecule has 0 N–H and O–H groups in total. The molecule has 0 bridgehead atoms. The van der Waals surface area contributed by atoms with Crippen LogP contribution in [0.2, 0.25) is 0 Å². The molecule has 1 aromatic rings. The number of hydrogen-bond donors (Lipinski definition) is 0. The summed E-state index contributed by atoms with van der Waals surface area (Å²) in [6.07, 6.45) is 34.5. The van der Waals surface area contributed by atoms with Gasteiger partial charge in [0.1, 0.15) is 0 Å². The number of carbonyl (C=O) groups is 2. The molecule has 0 saturated heterocycles. The van der Waals surface area contributed by atoms with Crippen LogP contribution in [0.1, 0.15) is 198 Å². The van der Waals surface area contributed by atoms with E-state index in [2.05, 4.69) is 105 Å². The summed E-state index contributed by atoms with van der Waals surface area (Å²) in [5, 5.41) is 0. The number of allylic oxidation sites excluding steroid dienone is 16. The molecule has 0 heterocycles. The van der Waals surface area contributed by atoms with E-state index in [1.54, 1.807) is 18.6 Å². The lowest BCUT2D eigenvalue weighted by molar-refractivity contribution is 0.0972. The summed E-state index contributed by atoms with van der Waals surface area (Å²) in [4.78, 5) is 26.2. The van der Waals surface area contributed by atoms with E-state index in [4.69, 9.17) is 0 Å². The van der Waals surface area contributed by atoms with Crippen molar-refractivity contribution in [2.24, 2.45) is 5.92 Å². The lowest BCUT2D eigenvalue weighted by Gasteiger charge is -2.20. The molecular formula is C52H76O2. The third kappa shape index (κ3) is 18.2. The van der Waals surface area contributed by atoms with E-state index in [9.17, 15) is 9.59 Å². The highest BCUT2D eigenvalue weighted by atomic mass is 16.1. The molecule has 1 aliphatic rings. The Balaban J connectivity index is 1.63. The normalized spacial score (nSPS) is 15.6. The Bertz CT molecular complexity index is 1640. The molecule has 1 aliphatic carbocycles.